The van der Waals surface area contributed by atoms with Crippen molar-refractivity contribution in [3.8, 4) is 0 Å². The number of aliphatic imine (C=N–C) groups is 1. The molecule has 7 nitrogen and oxygen atoms in total. The molecule has 0 N–H and O–H groups in total. The lowest BCUT2D eigenvalue weighted by Gasteiger charge is -1.95. The molecule has 0 amide bonds. The summed E-state index contributed by atoms with van der Waals surface area (Å²) in [5.41, 5.74) is -0.0206. The van der Waals surface area contributed by atoms with Gasteiger partial charge in [0.05, 0.1) is 11.1 Å². The van der Waals surface area contributed by atoms with Crippen LogP contribution in [0.15, 0.2) is 51.5 Å². The van der Waals surface area contributed by atoms with Crippen LogP contribution in [0, 0.1) is 10.1 Å². The molecule has 25 heavy (non-hydrogen) atoms. The van der Waals surface area contributed by atoms with E-state index in [9.17, 15) is 14.9 Å². The van der Waals surface area contributed by atoms with Crippen molar-refractivity contribution in [2.45, 2.75) is 0 Å². The van der Waals surface area contributed by atoms with Gasteiger partial charge in [-0.1, -0.05) is 29.8 Å². The highest BCUT2D eigenvalue weighted by Crippen LogP contribution is 2.37. The molecular weight excluding hydrogens is 368 g/mol. The highest BCUT2D eigenvalue weighted by molar-refractivity contribution is 7.21. The van der Waals surface area contributed by atoms with Crippen molar-refractivity contribution in [3.05, 3.63) is 67.9 Å². The first-order valence-corrected chi connectivity index (χ1v) is 8.16. The molecule has 3 heterocycles. The van der Waals surface area contributed by atoms with Crippen molar-refractivity contribution in [1.29, 1.82) is 0 Å². The molecule has 2 aromatic heterocycles. The number of carbonyl (C=O) groups is 1. The van der Waals surface area contributed by atoms with Crippen LogP contribution in [0.3, 0.4) is 0 Å². The topological polar surface area (TPSA) is 94.9 Å². The minimum Gasteiger partial charge on any atom is -0.401 e. The Morgan fingerprint density at radius 3 is 2.76 bits per heavy atom. The zero-order valence-electron chi connectivity index (χ0n) is 12.3. The van der Waals surface area contributed by atoms with Crippen LogP contribution >= 0.6 is 22.9 Å². The SMILES string of the molecule is O=C1OC(c2sc3ccccc3c2Cl)=N/C1=C\c1ccc([N+](=O)[O-])o1. The molecule has 0 unspecified atom stereocenters. The summed E-state index contributed by atoms with van der Waals surface area (Å²) in [4.78, 5) is 26.7. The third kappa shape index (κ3) is 2.71. The number of nitrogens with zero attached hydrogens (tertiary/aromatic N) is 2. The molecule has 1 aromatic carbocycles. The second kappa shape index (κ2) is 5.83. The molecule has 0 bridgehead atoms. The van der Waals surface area contributed by atoms with Crippen LogP contribution in [0.4, 0.5) is 5.88 Å². The molecular formula is C16H7ClN2O5S. The van der Waals surface area contributed by atoms with Gasteiger partial charge in [-0.05, 0) is 12.1 Å². The first-order valence-electron chi connectivity index (χ1n) is 6.97. The second-order valence-corrected chi connectivity index (χ2v) is 6.44. The standard InChI is InChI=1S/C16H7ClN2O5S/c17-13-9-3-1-2-4-11(9)25-14(13)15-18-10(16(20)24-15)7-8-5-6-12(23-8)19(21)22/h1-7H/b10-7-. The first-order chi connectivity index (χ1) is 12.0. The van der Waals surface area contributed by atoms with Crippen molar-refractivity contribution < 1.29 is 18.9 Å². The lowest BCUT2D eigenvalue weighted by Crippen LogP contribution is -2.04. The summed E-state index contributed by atoms with van der Waals surface area (Å²) in [6.45, 7) is 0. The Kier molecular flexibility index (Phi) is 3.63. The van der Waals surface area contributed by atoms with Gasteiger partial charge in [0, 0.05) is 16.2 Å². The monoisotopic (exact) mass is 374 g/mol. The summed E-state index contributed by atoms with van der Waals surface area (Å²) in [5.74, 6) is -0.868. The Balaban J connectivity index is 1.73. The summed E-state index contributed by atoms with van der Waals surface area (Å²) < 4.78 is 11.1. The lowest BCUT2D eigenvalue weighted by atomic mass is 10.2. The molecule has 0 fully saturated rings. The van der Waals surface area contributed by atoms with E-state index in [-0.39, 0.29) is 17.4 Å². The van der Waals surface area contributed by atoms with Crippen molar-refractivity contribution in [2.24, 2.45) is 4.99 Å². The maximum absolute atomic E-state index is 12.0. The fraction of sp³-hybridized carbons (Fsp3) is 0. The molecule has 3 aromatic rings. The van der Waals surface area contributed by atoms with E-state index >= 15 is 0 Å². The van der Waals surface area contributed by atoms with Crippen LogP contribution in [-0.4, -0.2) is 16.8 Å². The van der Waals surface area contributed by atoms with E-state index in [0.717, 1.165) is 10.1 Å². The average molecular weight is 375 g/mol. The smallest absolute Gasteiger partial charge is 0.401 e. The number of hydrogen-bond acceptors (Lipinski definition) is 7. The van der Waals surface area contributed by atoms with Gasteiger partial charge in [-0.2, -0.15) is 0 Å². The van der Waals surface area contributed by atoms with Gasteiger partial charge in [0.1, 0.15) is 15.6 Å². The second-order valence-electron chi connectivity index (χ2n) is 5.01. The molecule has 0 atom stereocenters. The molecule has 124 valence electrons. The number of hydrogen-bond donors (Lipinski definition) is 0. The summed E-state index contributed by atoms with van der Waals surface area (Å²) >= 11 is 7.72. The molecule has 0 saturated carbocycles. The fourth-order valence-corrected chi connectivity index (χ4v) is 3.75. The van der Waals surface area contributed by atoms with Gasteiger partial charge >= 0.3 is 11.9 Å². The molecule has 4 rings (SSSR count). The molecule has 9 heteroatoms. The Morgan fingerprint density at radius 1 is 1.24 bits per heavy atom. The number of thiophene rings is 1. The van der Waals surface area contributed by atoms with Crippen LogP contribution in [0.2, 0.25) is 5.02 Å². The van der Waals surface area contributed by atoms with Crippen molar-refractivity contribution >= 4 is 56.9 Å². The predicted molar refractivity (Wildman–Crippen MR) is 92.8 cm³/mol. The number of rotatable bonds is 3. The lowest BCUT2D eigenvalue weighted by molar-refractivity contribution is -0.402. The van der Waals surface area contributed by atoms with Gasteiger partial charge in [-0.25, -0.2) is 9.79 Å². The van der Waals surface area contributed by atoms with E-state index in [1.54, 1.807) is 0 Å². The van der Waals surface area contributed by atoms with E-state index in [1.165, 1.54) is 29.5 Å². The number of benzene rings is 1. The third-order valence-corrected chi connectivity index (χ3v) is 5.08. The van der Waals surface area contributed by atoms with Crippen molar-refractivity contribution in [3.63, 3.8) is 0 Å². The summed E-state index contributed by atoms with van der Waals surface area (Å²) in [5, 5.41) is 11.9. The number of ether oxygens (including phenoxy) is 1. The van der Waals surface area contributed by atoms with E-state index in [2.05, 4.69) is 4.99 Å². The third-order valence-electron chi connectivity index (χ3n) is 3.42. The summed E-state index contributed by atoms with van der Waals surface area (Å²) in [6.07, 6.45) is 1.28. The summed E-state index contributed by atoms with van der Waals surface area (Å²) in [7, 11) is 0. The van der Waals surface area contributed by atoms with Crippen molar-refractivity contribution in [2.75, 3.05) is 0 Å². The number of cyclic esters (lactones) is 1. The average Bonchev–Trinajstić information content (AvgIpc) is 3.27. The molecule has 0 aliphatic carbocycles. The van der Waals surface area contributed by atoms with Gasteiger partial charge in [0.25, 0.3) is 0 Å². The Hall–Kier alpha value is -2.97. The predicted octanol–water partition coefficient (Wildman–Crippen LogP) is 4.40. The number of carbonyl (C=O) groups excluding carboxylic acids is 1. The quantitative estimate of drug-likeness (QED) is 0.293. The van der Waals surface area contributed by atoms with Crippen LogP contribution in [0.25, 0.3) is 16.2 Å². The normalized spacial score (nSPS) is 15.6. The molecule has 0 saturated heterocycles. The zero-order valence-corrected chi connectivity index (χ0v) is 13.8. The van der Waals surface area contributed by atoms with E-state index in [4.69, 9.17) is 20.8 Å². The molecule has 0 radical (unpaired) electrons. The van der Waals surface area contributed by atoms with Crippen LogP contribution in [-0.2, 0) is 9.53 Å². The number of esters is 1. The van der Waals surface area contributed by atoms with Gasteiger partial charge in [0.2, 0.25) is 5.90 Å². The van der Waals surface area contributed by atoms with Crippen molar-refractivity contribution in [1.82, 2.24) is 0 Å². The van der Waals surface area contributed by atoms with Crippen LogP contribution in [0.1, 0.15) is 10.6 Å². The highest BCUT2D eigenvalue weighted by atomic mass is 35.5. The Morgan fingerprint density at radius 2 is 2.04 bits per heavy atom. The number of fused-ring (bicyclic) bond motifs is 1. The number of furan rings is 1. The van der Waals surface area contributed by atoms with Gasteiger partial charge < -0.3 is 9.15 Å². The Bertz CT molecular complexity index is 1100. The van der Waals surface area contributed by atoms with E-state index < -0.39 is 16.8 Å². The zero-order chi connectivity index (χ0) is 17.6. The van der Waals surface area contributed by atoms with Gasteiger partial charge in [-0.15, -0.1) is 11.3 Å². The van der Waals surface area contributed by atoms with E-state index in [0.29, 0.717) is 9.90 Å². The minimum atomic E-state index is -0.678. The molecule has 1 aliphatic heterocycles. The minimum absolute atomic E-state index is 0.0206. The maximum atomic E-state index is 12.0. The molecule has 0 spiro atoms. The van der Waals surface area contributed by atoms with Crippen LogP contribution in [0.5, 0.6) is 0 Å². The Labute approximate surface area is 148 Å². The van der Waals surface area contributed by atoms with E-state index in [1.807, 2.05) is 24.3 Å². The number of nitro groups is 1. The van der Waals surface area contributed by atoms with Crippen LogP contribution < -0.4 is 0 Å². The maximum Gasteiger partial charge on any atom is 0.433 e. The van der Waals surface area contributed by atoms with Gasteiger partial charge in [-0.3, -0.25) is 10.1 Å². The molecule has 1 aliphatic rings. The fourth-order valence-electron chi connectivity index (χ4n) is 2.31. The summed E-state index contributed by atoms with van der Waals surface area (Å²) in [6, 6.07) is 10.1. The number of halogens is 1. The first kappa shape index (κ1) is 15.6. The van der Waals surface area contributed by atoms with Gasteiger partial charge in [0.15, 0.2) is 5.70 Å². The largest absolute Gasteiger partial charge is 0.433 e. The highest BCUT2D eigenvalue weighted by Gasteiger charge is 2.28.